The van der Waals surface area contributed by atoms with Crippen LogP contribution < -0.4 is 4.90 Å². The molecule has 0 radical (unpaired) electrons. The van der Waals surface area contributed by atoms with Gasteiger partial charge in [0.25, 0.3) is 0 Å². The topological polar surface area (TPSA) is 50.1 Å². The standard InChI is InChI=1S/C24H28ClFN6/c1-4-18(9-8-12-25)32-22(19-10-6-5-7-11-20(19)26)29-21-23(27-17(2)28-24(21)32)31-15-13-30(3)14-16-31/h4-5,7-11H,6,12-16H2,1-3H3/b9-8-,18-4+. The summed E-state index contributed by atoms with van der Waals surface area (Å²) in [5.74, 6) is 2.02. The molecule has 3 heterocycles. The van der Waals surface area contributed by atoms with Gasteiger partial charge in [-0.25, -0.2) is 19.3 Å². The third kappa shape index (κ3) is 4.40. The molecule has 0 aromatic carbocycles. The number of rotatable bonds is 5. The number of nitrogens with zero attached hydrogens (tertiary/aromatic N) is 6. The Kier molecular flexibility index (Phi) is 6.86. The highest BCUT2D eigenvalue weighted by atomic mass is 35.5. The number of piperazine rings is 1. The summed E-state index contributed by atoms with van der Waals surface area (Å²) in [5, 5.41) is 0. The van der Waals surface area contributed by atoms with Gasteiger partial charge in [-0.15, -0.1) is 11.6 Å². The molecule has 1 aliphatic heterocycles. The molecule has 0 amide bonds. The minimum absolute atomic E-state index is 0.321. The molecule has 1 aliphatic carbocycles. The number of alkyl halides is 1. The van der Waals surface area contributed by atoms with E-state index in [1.807, 2.05) is 48.8 Å². The van der Waals surface area contributed by atoms with Crippen LogP contribution in [0, 0.1) is 6.92 Å². The summed E-state index contributed by atoms with van der Waals surface area (Å²) < 4.78 is 17.0. The van der Waals surface area contributed by atoms with Gasteiger partial charge in [0, 0.05) is 43.3 Å². The van der Waals surface area contributed by atoms with Crippen molar-refractivity contribution in [2.75, 3.05) is 44.0 Å². The van der Waals surface area contributed by atoms with E-state index in [1.54, 1.807) is 6.08 Å². The molecule has 2 aliphatic rings. The summed E-state index contributed by atoms with van der Waals surface area (Å²) >= 11 is 5.92. The number of allylic oxidation sites excluding steroid dienone is 10. The van der Waals surface area contributed by atoms with E-state index in [-0.39, 0.29) is 5.83 Å². The van der Waals surface area contributed by atoms with Gasteiger partial charge in [0.2, 0.25) is 0 Å². The van der Waals surface area contributed by atoms with Crippen molar-refractivity contribution in [3.05, 3.63) is 60.0 Å². The number of halogens is 2. The van der Waals surface area contributed by atoms with Crippen molar-refractivity contribution in [1.29, 1.82) is 0 Å². The van der Waals surface area contributed by atoms with Crippen LogP contribution in [0.25, 0.3) is 22.4 Å². The van der Waals surface area contributed by atoms with Gasteiger partial charge in [-0.2, -0.15) is 0 Å². The highest BCUT2D eigenvalue weighted by Gasteiger charge is 2.26. The molecule has 0 bridgehead atoms. The van der Waals surface area contributed by atoms with Gasteiger partial charge in [-0.05, 0) is 39.5 Å². The molecule has 2 aromatic heterocycles. The second kappa shape index (κ2) is 9.79. The quantitative estimate of drug-likeness (QED) is 0.482. The minimum Gasteiger partial charge on any atom is -0.352 e. The normalized spacial score (nSPS) is 18.4. The Bertz CT molecular complexity index is 1150. The Morgan fingerprint density at radius 2 is 1.97 bits per heavy atom. The number of likely N-dealkylation sites (N-methyl/N-ethyl adjacent to an activating group) is 1. The average molecular weight is 455 g/mol. The van der Waals surface area contributed by atoms with Crippen molar-refractivity contribution in [3.8, 4) is 0 Å². The van der Waals surface area contributed by atoms with Crippen molar-refractivity contribution in [2.24, 2.45) is 0 Å². The summed E-state index contributed by atoms with van der Waals surface area (Å²) in [6.07, 6.45) is 13.3. The van der Waals surface area contributed by atoms with Crippen LogP contribution in [0.4, 0.5) is 10.2 Å². The van der Waals surface area contributed by atoms with Gasteiger partial charge in [0.15, 0.2) is 17.0 Å². The zero-order valence-corrected chi connectivity index (χ0v) is 19.5. The molecule has 6 nitrogen and oxygen atoms in total. The monoisotopic (exact) mass is 454 g/mol. The van der Waals surface area contributed by atoms with Crippen LogP contribution in [-0.4, -0.2) is 63.5 Å². The molecule has 0 spiro atoms. The van der Waals surface area contributed by atoms with Crippen LogP contribution in [0.15, 0.2) is 48.4 Å². The lowest BCUT2D eigenvalue weighted by atomic mass is 10.2. The van der Waals surface area contributed by atoms with Gasteiger partial charge in [-0.3, -0.25) is 4.57 Å². The number of anilines is 1. The highest BCUT2D eigenvalue weighted by Crippen LogP contribution is 2.34. The number of hydrogen-bond acceptors (Lipinski definition) is 5. The Morgan fingerprint density at radius 1 is 1.19 bits per heavy atom. The summed E-state index contributed by atoms with van der Waals surface area (Å²) in [6.45, 7) is 7.43. The molecular weight excluding hydrogens is 427 g/mol. The molecule has 0 atom stereocenters. The third-order valence-corrected chi connectivity index (χ3v) is 5.85. The summed E-state index contributed by atoms with van der Waals surface area (Å²) in [4.78, 5) is 19.0. The highest BCUT2D eigenvalue weighted by molar-refractivity contribution is 6.19. The van der Waals surface area contributed by atoms with Crippen molar-refractivity contribution in [2.45, 2.75) is 20.3 Å². The van der Waals surface area contributed by atoms with Crippen molar-refractivity contribution >= 4 is 39.9 Å². The first kappa shape index (κ1) is 22.4. The van der Waals surface area contributed by atoms with E-state index in [1.165, 1.54) is 6.08 Å². The van der Waals surface area contributed by atoms with Gasteiger partial charge >= 0.3 is 0 Å². The maximum absolute atomic E-state index is 15.1. The van der Waals surface area contributed by atoms with Crippen LogP contribution >= 0.6 is 11.6 Å². The van der Waals surface area contributed by atoms with Gasteiger partial charge in [0.1, 0.15) is 17.5 Å². The largest absolute Gasteiger partial charge is 0.352 e. The molecule has 1 fully saturated rings. The first-order chi connectivity index (χ1) is 15.5. The van der Waals surface area contributed by atoms with Gasteiger partial charge in [-0.1, -0.05) is 30.4 Å². The van der Waals surface area contributed by atoms with E-state index in [4.69, 9.17) is 26.6 Å². The second-order valence-corrected chi connectivity index (χ2v) is 8.20. The van der Waals surface area contributed by atoms with Crippen LogP contribution in [0.3, 0.4) is 0 Å². The molecular formula is C24H28ClFN6. The Morgan fingerprint density at radius 3 is 2.69 bits per heavy atom. The van der Waals surface area contributed by atoms with E-state index in [2.05, 4.69) is 16.8 Å². The molecule has 0 N–H and O–H groups in total. The molecule has 168 valence electrons. The minimum atomic E-state index is -0.321. The molecule has 1 saturated heterocycles. The maximum Gasteiger partial charge on any atom is 0.170 e. The summed E-state index contributed by atoms with van der Waals surface area (Å²) in [6, 6.07) is 0. The number of imidazole rings is 1. The fraction of sp³-hybridized carbons (Fsp3) is 0.375. The van der Waals surface area contributed by atoms with Crippen LogP contribution in [-0.2, 0) is 0 Å². The fourth-order valence-electron chi connectivity index (χ4n) is 3.98. The smallest absolute Gasteiger partial charge is 0.170 e. The Balaban J connectivity index is 1.97. The summed E-state index contributed by atoms with van der Waals surface area (Å²) in [7, 11) is 2.12. The van der Waals surface area contributed by atoms with E-state index in [0.717, 1.165) is 37.7 Å². The number of fused-ring (bicyclic) bond motifs is 1. The third-order valence-electron chi connectivity index (χ3n) is 5.67. The lowest BCUT2D eigenvalue weighted by Crippen LogP contribution is -2.45. The lowest BCUT2D eigenvalue weighted by molar-refractivity contribution is 0.312. The van der Waals surface area contributed by atoms with Crippen LogP contribution in [0.5, 0.6) is 0 Å². The number of aromatic nitrogens is 4. The van der Waals surface area contributed by atoms with E-state index >= 15 is 4.39 Å². The Labute approximate surface area is 193 Å². The molecule has 0 saturated carbocycles. The first-order valence-corrected chi connectivity index (χ1v) is 11.4. The Hall–Kier alpha value is -2.77. The van der Waals surface area contributed by atoms with Gasteiger partial charge < -0.3 is 9.80 Å². The van der Waals surface area contributed by atoms with Crippen molar-refractivity contribution < 1.29 is 4.39 Å². The molecule has 2 aromatic rings. The number of aryl methyl sites for hydroxylation is 1. The summed E-state index contributed by atoms with van der Waals surface area (Å²) in [5.41, 5.74) is 2.63. The molecule has 0 unspecified atom stereocenters. The first-order valence-electron chi connectivity index (χ1n) is 10.9. The predicted molar refractivity (Wildman–Crippen MR) is 131 cm³/mol. The van der Waals surface area contributed by atoms with E-state index in [9.17, 15) is 0 Å². The molecule has 32 heavy (non-hydrogen) atoms. The van der Waals surface area contributed by atoms with Crippen LogP contribution in [0.1, 0.15) is 25.0 Å². The lowest BCUT2D eigenvalue weighted by Gasteiger charge is -2.33. The molecule has 8 heteroatoms. The average Bonchev–Trinajstić information content (AvgIpc) is 3.01. The zero-order chi connectivity index (χ0) is 22.7. The molecule has 4 rings (SSSR count). The number of hydrogen-bond donors (Lipinski definition) is 0. The van der Waals surface area contributed by atoms with E-state index in [0.29, 0.717) is 40.7 Å². The van der Waals surface area contributed by atoms with E-state index < -0.39 is 0 Å². The predicted octanol–water partition coefficient (Wildman–Crippen LogP) is 4.74. The van der Waals surface area contributed by atoms with Crippen molar-refractivity contribution in [3.63, 3.8) is 0 Å². The zero-order valence-electron chi connectivity index (χ0n) is 18.7. The maximum atomic E-state index is 15.1. The van der Waals surface area contributed by atoms with Gasteiger partial charge in [0.05, 0.1) is 0 Å². The second-order valence-electron chi connectivity index (χ2n) is 7.89. The van der Waals surface area contributed by atoms with Crippen LogP contribution in [0.2, 0.25) is 0 Å². The fourth-order valence-corrected chi connectivity index (χ4v) is 4.07. The SMILES string of the molecule is C/C=C(\C=C/CCl)n1c(C2=CCC=CC=C2F)nc2c(N3CCN(C)CC3)nc(C)nc21. The van der Waals surface area contributed by atoms with Crippen molar-refractivity contribution in [1.82, 2.24) is 24.4 Å².